The maximum Gasteiger partial charge on any atom is 0.255 e. The van der Waals surface area contributed by atoms with E-state index in [4.69, 9.17) is 0 Å². The summed E-state index contributed by atoms with van der Waals surface area (Å²) in [4.78, 5) is 63.6. The topological polar surface area (TPSA) is 104 Å². The first-order valence-corrected chi connectivity index (χ1v) is 10.9. The van der Waals surface area contributed by atoms with Crippen LogP contribution in [0.3, 0.4) is 0 Å². The highest BCUT2D eigenvalue weighted by Crippen LogP contribution is 2.33. The summed E-state index contributed by atoms with van der Waals surface area (Å²) in [7, 11) is 0. The van der Waals surface area contributed by atoms with Crippen LogP contribution in [0.1, 0.15) is 54.9 Å². The van der Waals surface area contributed by atoms with Gasteiger partial charge in [-0.05, 0) is 48.9 Å². The summed E-state index contributed by atoms with van der Waals surface area (Å²) in [6.07, 6.45) is 3.31. The van der Waals surface area contributed by atoms with Gasteiger partial charge < -0.3 is 14.6 Å². The van der Waals surface area contributed by atoms with E-state index in [1.807, 2.05) is 12.1 Å². The summed E-state index contributed by atoms with van der Waals surface area (Å²) in [5, 5.41) is 2.32. The molecule has 8 nitrogen and oxygen atoms in total. The minimum atomic E-state index is -0.617. The maximum absolute atomic E-state index is 12.8. The molecule has 1 N–H and O–H groups in total. The lowest BCUT2D eigenvalue weighted by molar-refractivity contribution is -0.137. The van der Waals surface area contributed by atoms with Gasteiger partial charge in [-0.3, -0.25) is 24.5 Å². The van der Waals surface area contributed by atoms with E-state index < -0.39 is 17.9 Å². The quantitative estimate of drug-likeness (QED) is 0.420. The van der Waals surface area contributed by atoms with Gasteiger partial charge in [0.15, 0.2) is 0 Å². The number of carbonyl (C=O) groups excluding carboxylic acids is 5. The highest BCUT2D eigenvalue weighted by Gasteiger charge is 2.39. The van der Waals surface area contributed by atoms with Crippen molar-refractivity contribution < 1.29 is 24.0 Å². The van der Waals surface area contributed by atoms with Crippen LogP contribution in [0.4, 0.5) is 5.69 Å². The summed E-state index contributed by atoms with van der Waals surface area (Å²) in [5.74, 6) is -1.30. The van der Waals surface area contributed by atoms with Gasteiger partial charge in [-0.25, -0.2) is 0 Å². The Bertz CT molecular complexity index is 935. The van der Waals surface area contributed by atoms with Crippen LogP contribution >= 0.6 is 0 Å². The predicted molar refractivity (Wildman–Crippen MR) is 112 cm³/mol. The molecule has 2 saturated heterocycles. The van der Waals surface area contributed by atoms with Gasteiger partial charge in [0, 0.05) is 43.7 Å². The molecule has 3 amide bonds. The van der Waals surface area contributed by atoms with E-state index in [0.717, 1.165) is 43.5 Å². The summed E-state index contributed by atoms with van der Waals surface area (Å²) in [5.41, 5.74) is 2.47. The Kier molecular flexibility index (Phi) is 5.89. The number of fused-ring (bicyclic) bond motifs is 1. The van der Waals surface area contributed by atoms with Crippen LogP contribution in [0.25, 0.3) is 0 Å². The number of amides is 3. The largest absolute Gasteiger partial charge is 0.372 e. The number of piperidine rings is 2. The van der Waals surface area contributed by atoms with E-state index in [9.17, 15) is 24.0 Å². The summed E-state index contributed by atoms with van der Waals surface area (Å²) >= 11 is 0. The molecule has 0 saturated carbocycles. The summed E-state index contributed by atoms with van der Waals surface area (Å²) in [6.45, 7) is 3.63. The number of imide groups is 1. The normalized spacial score (nSPS) is 22.9. The lowest BCUT2D eigenvalue weighted by atomic mass is 9.82. The molecule has 2 fully saturated rings. The van der Waals surface area contributed by atoms with Crippen molar-refractivity contribution in [1.82, 2.24) is 10.2 Å². The van der Waals surface area contributed by atoms with Crippen LogP contribution in [0, 0.1) is 11.8 Å². The van der Waals surface area contributed by atoms with Crippen LogP contribution in [0.5, 0.6) is 0 Å². The Balaban J connectivity index is 1.43. The van der Waals surface area contributed by atoms with Crippen molar-refractivity contribution in [1.29, 1.82) is 0 Å². The highest BCUT2D eigenvalue weighted by molar-refractivity contribution is 6.05. The molecule has 4 rings (SSSR count). The zero-order valence-corrected chi connectivity index (χ0v) is 17.6. The zero-order chi connectivity index (χ0) is 22.1. The molecule has 2 atom stereocenters. The molecule has 1 aromatic carbocycles. The second-order valence-electron chi connectivity index (χ2n) is 8.55. The average Bonchev–Trinajstić information content (AvgIpc) is 3.10. The molecule has 3 aliphatic heterocycles. The number of anilines is 1. The van der Waals surface area contributed by atoms with Crippen LogP contribution in [0.15, 0.2) is 18.2 Å². The van der Waals surface area contributed by atoms with Crippen molar-refractivity contribution in [2.24, 2.45) is 11.8 Å². The van der Waals surface area contributed by atoms with Crippen LogP contribution in [-0.2, 0) is 25.7 Å². The van der Waals surface area contributed by atoms with E-state index >= 15 is 0 Å². The smallest absolute Gasteiger partial charge is 0.255 e. The second-order valence-corrected chi connectivity index (χ2v) is 8.55. The molecule has 3 aliphatic rings. The Morgan fingerprint density at radius 3 is 2.58 bits per heavy atom. The third-order valence-electron chi connectivity index (χ3n) is 6.79. The lowest BCUT2D eigenvalue weighted by Gasteiger charge is -2.35. The second kappa shape index (κ2) is 8.61. The maximum atomic E-state index is 12.8. The first-order chi connectivity index (χ1) is 14.9. The highest BCUT2D eigenvalue weighted by atomic mass is 16.2. The van der Waals surface area contributed by atoms with E-state index in [-0.39, 0.29) is 29.9 Å². The lowest BCUT2D eigenvalue weighted by Crippen LogP contribution is -2.52. The number of ketones is 1. The van der Waals surface area contributed by atoms with Crippen molar-refractivity contribution in [2.45, 2.75) is 51.6 Å². The number of carbonyl (C=O) groups is 5. The fraction of sp³-hybridized carbons (Fsp3) is 0.522. The van der Waals surface area contributed by atoms with Crippen LogP contribution < -0.4 is 10.2 Å². The first-order valence-electron chi connectivity index (χ1n) is 10.9. The van der Waals surface area contributed by atoms with Gasteiger partial charge in [-0.2, -0.15) is 0 Å². The van der Waals surface area contributed by atoms with Crippen molar-refractivity contribution in [3.8, 4) is 0 Å². The number of nitrogens with one attached hydrogen (secondary N) is 1. The number of aldehydes is 1. The Morgan fingerprint density at radius 1 is 1.19 bits per heavy atom. The monoisotopic (exact) mass is 425 g/mol. The Morgan fingerprint density at radius 2 is 1.94 bits per heavy atom. The van der Waals surface area contributed by atoms with Gasteiger partial charge in [0.25, 0.3) is 5.91 Å². The van der Waals surface area contributed by atoms with E-state index in [1.54, 1.807) is 17.9 Å². The molecule has 0 spiro atoms. The van der Waals surface area contributed by atoms with E-state index in [0.29, 0.717) is 24.9 Å². The molecule has 31 heavy (non-hydrogen) atoms. The molecule has 0 radical (unpaired) electrons. The molecule has 8 heteroatoms. The number of hydrogen-bond donors (Lipinski definition) is 1. The van der Waals surface area contributed by atoms with Gasteiger partial charge in [-0.1, -0.05) is 6.92 Å². The number of Topliss-reactive ketones (excluding diaryl/α,β-unsaturated/α-hetero) is 1. The molecule has 2 unspecified atom stereocenters. The summed E-state index contributed by atoms with van der Waals surface area (Å²) in [6, 6.07) is 5.10. The molecule has 1 aromatic rings. The van der Waals surface area contributed by atoms with Gasteiger partial charge >= 0.3 is 0 Å². The van der Waals surface area contributed by atoms with Crippen molar-refractivity contribution in [3.05, 3.63) is 29.3 Å². The molecule has 0 bridgehead atoms. The molecule has 0 aromatic heterocycles. The zero-order valence-electron chi connectivity index (χ0n) is 17.6. The van der Waals surface area contributed by atoms with Crippen LogP contribution in [0.2, 0.25) is 0 Å². The van der Waals surface area contributed by atoms with Crippen molar-refractivity contribution >= 4 is 35.5 Å². The Labute approximate surface area is 180 Å². The molecule has 0 aliphatic carbocycles. The minimum Gasteiger partial charge on any atom is -0.372 e. The Hall–Kier alpha value is -3.03. The first kappa shape index (κ1) is 21.2. The van der Waals surface area contributed by atoms with Gasteiger partial charge in [0.2, 0.25) is 11.8 Å². The summed E-state index contributed by atoms with van der Waals surface area (Å²) < 4.78 is 0. The average molecular weight is 425 g/mol. The van der Waals surface area contributed by atoms with Gasteiger partial charge in [0.1, 0.15) is 18.1 Å². The molecule has 3 heterocycles. The van der Waals surface area contributed by atoms with Gasteiger partial charge in [-0.15, -0.1) is 0 Å². The molecular weight excluding hydrogens is 398 g/mol. The molecular formula is C23H27N3O5. The van der Waals surface area contributed by atoms with E-state index in [1.165, 1.54) is 0 Å². The predicted octanol–water partition coefficient (Wildman–Crippen LogP) is 1.46. The van der Waals surface area contributed by atoms with Crippen molar-refractivity contribution in [2.75, 3.05) is 18.0 Å². The minimum absolute atomic E-state index is 0.0121. The fourth-order valence-corrected chi connectivity index (χ4v) is 4.96. The van der Waals surface area contributed by atoms with E-state index in [2.05, 4.69) is 10.2 Å². The third kappa shape index (κ3) is 3.98. The SMILES string of the molecule is CCC(=O)C(C=O)C1CCN(c2ccc3c(c2)CN(C2CCC(=O)NC2=O)C3=O)CC1. The third-order valence-corrected chi connectivity index (χ3v) is 6.79. The van der Waals surface area contributed by atoms with Crippen molar-refractivity contribution in [3.63, 3.8) is 0 Å². The number of benzene rings is 1. The standard InChI is InChI=1S/C23H27N3O5/c1-2-20(28)18(13-27)14-7-9-25(10-8-14)16-3-4-17-15(11-16)12-26(23(17)31)19-5-6-21(29)24-22(19)30/h3-4,11,13-14,18-19H,2,5-10,12H2,1H3,(H,24,29,30). The number of nitrogens with zero attached hydrogens (tertiary/aromatic N) is 2. The number of hydrogen-bond acceptors (Lipinski definition) is 6. The fourth-order valence-electron chi connectivity index (χ4n) is 4.96. The molecule has 164 valence electrons. The van der Waals surface area contributed by atoms with Gasteiger partial charge in [0.05, 0.1) is 5.92 Å². The van der Waals surface area contributed by atoms with Crippen LogP contribution in [-0.4, -0.2) is 53.8 Å². The number of rotatable bonds is 6.